The summed E-state index contributed by atoms with van der Waals surface area (Å²) in [4.78, 5) is 15.5. The van der Waals surface area contributed by atoms with Crippen molar-refractivity contribution in [2.75, 3.05) is 20.3 Å². The first-order valence-corrected chi connectivity index (χ1v) is 13.7. The van der Waals surface area contributed by atoms with Gasteiger partial charge in [-0.25, -0.2) is 4.79 Å². The molecule has 7 rings (SSSR count). The average molecular weight is 571 g/mol. The highest BCUT2D eigenvalue weighted by Crippen LogP contribution is 2.51. The van der Waals surface area contributed by atoms with Crippen molar-refractivity contribution in [3.05, 3.63) is 63.6 Å². The number of aromatic carboxylic acids is 1. The molecule has 3 aromatic rings. The Bertz CT molecular complexity index is 1400. The van der Waals surface area contributed by atoms with Gasteiger partial charge in [0.1, 0.15) is 23.0 Å². The zero-order valence-electron chi connectivity index (χ0n) is 21.4. The molecule has 4 fully saturated rings. The lowest BCUT2D eigenvalue weighted by Gasteiger charge is -2.51. The van der Waals surface area contributed by atoms with Crippen molar-refractivity contribution in [2.45, 2.75) is 50.0 Å². The van der Waals surface area contributed by atoms with Crippen LogP contribution in [0.15, 0.2) is 41.2 Å². The van der Waals surface area contributed by atoms with Gasteiger partial charge in [0.25, 0.3) is 0 Å². The van der Waals surface area contributed by atoms with E-state index in [1.54, 1.807) is 18.5 Å². The maximum Gasteiger partial charge on any atom is 0.335 e. The number of fused-ring (bicyclic) bond motifs is 3. The smallest absolute Gasteiger partial charge is 0.335 e. The van der Waals surface area contributed by atoms with Crippen molar-refractivity contribution in [3.8, 4) is 22.8 Å². The molecule has 2 saturated carbocycles. The zero-order valence-corrected chi connectivity index (χ0v) is 22.9. The number of hydrogen-bond donors (Lipinski definition) is 1. The molecule has 0 amide bonds. The standard InChI is InChI=1S/C29H28Cl2N2O6/c1-36-19-10-18(27(34)35)11-20(12-19)37-15-28-6-8-29(9-7-28,38-16-28)5-4-21-25(33-39-26(21)17-2-3-17)24-22(30)13-32-14-23(24)31/h4-5,10-14,17H,2-3,6-9,15-16H2,1H3,(H,34,35)/b5-4+. The number of pyridine rings is 1. The lowest BCUT2D eigenvalue weighted by Crippen LogP contribution is -2.52. The lowest BCUT2D eigenvalue weighted by atomic mass is 9.66. The van der Waals surface area contributed by atoms with E-state index in [2.05, 4.69) is 22.3 Å². The van der Waals surface area contributed by atoms with Crippen LogP contribution in [0.4, 0.5) is 0 Å². The van der Waals surface area contributed by atoms with Crippen molar-refractivity contribution in [1.29, 1.82) is 0 Å². The van der Waals surface area contributed by atoms with Crippen molar-refractivity contribution in [3.63, 3.8) is 0 Å². The van der Waals surface area contributed by atoms with Crippen molar-refractivity contribution < 1.29 is 28.6 Å². The van der Waals surface area contributed by atoms with Crippen LogP contribution in [-0.4, -0.2) is 47.1 Å². The van der Waals surface area contributed by atoms with E-state index in [4.69, 9.17) is 41.9 Å². The fourth-order valence-electron chi connectivity index (χ4n) is 5.49. The van der Waals surface area contributed by atoms with Gasteiger partial charge in [0, 0.05) is 40.9 Å². The molecule has 2 aliphatic carbocycles. The molecular weight excluding hydrogens is 543 g/mol. The lowest BCUT2D eigenvalue weighted by molar-refractivity contribution is -0.167. The Labute approximate surface area is 235 Å². The van der Waals surface area contributed by atoms with Gasteiger partial charge in [0.2, 0.25) is 0 Å². The van der Waals surface area contributed by atoms with E-state index < -0.39 is 5.97 Å². The van der Waals surface area contributed by atoms with Crippen LogP contribution in [0.1, 0.15) is 66.1 Å². The molecule has 8 nitrogen and oxygen atoms in total. The van der Waals surface area contributed by atoms with Gasteiger partial charge in [-0.2, -0.15) is 0 Å². The van der Waals surface area contributed by atoms with Gasteiger partial charge >= 0.3 is 5.97 Å². The Kier molecular flexibility index (Phi) is 6.81. The van der Waals surface area contributed by atoms with E-state index in [9.17, 15) is 9.90 Å². The molecule has 10 heteroatoms. The molecule has 2 saturated heterocycles. The van der Waals surface area contributed by atoms with Crippen LogP contribution in [0.25, 0.3) is 17.3 Å². The van der Waals surface area contributed by atoms with Gasteiger partial charge in [-0.05, 0) is 50.7 Å². The fourth-order valence-corrected chi connectivity index (χ4v) is 6.03. The number of benzene rings is 1. The maximum absolute atomic E-state index is 11.5. The number of hydrogen-bond acceptors (Lipinski definition) is 7. The summed E-state index contributed by atoms with van der Waals surface area (Å²) in [5.41, 5.74) is 1.76. The number of carbonyl (C=O) groups is 1. The number of halogens is 2. The van der Waals surface area contributed by atoms with E-state index >= 15 is 0 Å². The van der Waals surface area contributed by atoms with E-state index in [0.29, 0.717) is 51.9 Å². The number of nitrogens with zero attached hydrogens (tertiary/aromatic N) is 2. The quantitative estimate of drug-likeness (QED) is 0.292. The van der Waals surface area contributed by atoms with Crippen LogP contribution in [0.5, 0.6) is 11.5 Å². The van der Waals surface area contributed by atoms with Crippen LogP contribution in [0, 0.1) is 5.41 Å². The van der Waals surface area contributed by atoms with Gasteiger partial charge in [-0.1, -0.05) is 40.5 Å². The predicted octanol–water partition coefficient (Wildman–Crippen LogP) is 7.05. The van der Waals surface area contributed by atoms with Crippen molar-refractivity contribution >= 4 is 35.2 Å². The first kappa shape index (κ1) is 26.2. The molecule has 2 aliphatic heterocycles. The van der Waals surface area contributed by atoms with Crippen molar-refractivity contribution in [2.24, 2.45) is 5.41 Å². The van der Waals surface area contributed by atoms with Crippen LogP contribution < -0.4 is 9.47 Å². The average Bonchev–Trinajstić information content (AvgIpc) is 3.71. The highest BCUT2D eigenvalue weighted by atomic mass is 35.5. The Hall–Kier alpha value is -3.07. The number of carboxylic acids is 1. The second-order valence-corrected chi connectivity index (χ2v) is 11.6. The van der Waals surface area contributed by atoms with Gasteiger partial charge in [0.15, 0.2) is 0 Å². The van der Waals surface area contributed by atoms with Crippen molar-refractivity contribution in [1.82, 2.24) is 10.1 Å². The summed E-state index contributed by atoms with van der Waals surface area (Å²) >= 11 is 12.9. The molecule has 0 spiro atoms. The normalized spacial score (nSPS) is 24.3. The van der Waals surface area contributed by atoms with Crippen LogP contribution in [0.3, 0.4) is 0 Å². The number of aromatic nitrogens is 2. The molecular formula is C29H28Cl2N2O6. The summed E-state index contributed by atoms with van der Waals surface area (Å²) in [6, 6.07) is 4.71. The SMILES string of the molecule is COc1cc(OCC23CCC(/C=C/c4c(-c5c(Cl)cncc5Cl)noc4C4CC4)(CC2)OC3)cc(C(=O)O)c1. The minimum absolute atomic E-state index is 0.123. The summed E-state index contributed by atoms with van der Waals surface area (Å²) in [7, 11) is 1.50. The minimum Gasteiger partial charge on any atom is -0.497 e. The topological polar surface area (TPSA) is 104 Å². The zero-order chi connectivity index (χ0) is 27.2. The molecule has 2 aromatic heterocycles. The monoisotopic (exact) mass is 570 g/mol. The molecule has 4 aliphatic rings. The molecule has 0 unspecified atom stereocenters. The Morgan fingerprint density at radius 3 is 2.46 bits per heavy atom. The third-order valence-electron chi connectivity index (χ3n) is 8.08. The first-order valence-electron chi connectivity index (χ1n) is 13.0. The molecule has 4 heterocycles. The Morgan fingerprint density at radius 2 is 1.85 bits per heavy atom. The third kappa shape index (κ3) is 5.13. The highest BCUT2D eigenvalue weighted by Gasteiger charge is 2.49. The van der Waals surface area contributed by atoms with E-state index in [0.717, 1.165) is 49.8 Å². The summed E-state index contributed by atoms with van der Waals surface area (Å²) < 4.78 is 23.6. The molecule has 1 N–H and O–H groups in total. The Balaban J connectivity index is 1.18. The molecule has 0 atom stereocenters. The molecule has 39 heavy (non-hydrogen) atoms. The van der Waals surface area contributed by atoms with E-state index in [1.807, 2.05) is 0 Å². The van der Waals surface area contributed by atoms with Gasteiger partial charge in [0.05, 0.1) is 41.5 Å². The largest absolute Gasteiger partial charge is 0.497 e. The minimum atomic E-state index is -1.03. The number of ether oxygens (including phenoxy) is 3. The van der Waals surface area contributed by atoms with Gasteiger partial charge < -0.3 is 23.8 Å². The molecule has 0 radical (unpaired) electrons. The third-order valence-corrected chi connectivity index (χ3v) is 8.65. The number of carboxylic acid groups (broad SMARTS) is 1. The predicted molar refractivity (Wildman–Crippen MR) is 146 cm³/mol. The van der Waals surface area contributed by atoms with Crippen LogP contribution >= 0.6 is 23.2 Å². The summed E-state index contributed by atoms with van der Waals surface area (Å²) in [6.45, 7) is 1.00. The maximum atomic E-state index is 11.5. The van der Waals surface area contributed by atoms with Crippen LogP contribution in [-0.2, 0) is 4.74 Å². The highest BCUT2D eigenvalue weighted by molar-refractivity contribution is 6.39. The molecule has 2 bridgehead atoms. The molecule has 204 valence electrons. The summed E-state index contributed by atoms with van der Waals surface area (Å²) in [5.74, 6) is 1.11. The van der Waals surface area contributed by atoms with Crippen LogP contribution in [0.2, 0.25) is 10.0 Å². The van der Waals surface area contributed by atoms with E-state index in [-0.39, 0.29) is 16.6 Å². The number of methoxy groups -OCH3 is 1. The Morgan fingerprint density at radius 1 is 1.13 bits per heavy atom. The summed E-state index contributed by atoms with van der Waals surface area (Å²) in [6.07, 6.45) is 13.0. The van der Waals surface area contributed by atoms with Gasteiger partial charge in [-0.15, -0.1) is 0 Å². The van der Waals surface area contributed by atoms with Gasteiger partial charge in [-0.3, -0.25) is 4.98 Å². The summed E-state index contributed by atoms with van der Waals surface area (Å²) in [5, 5.41) is 14.6. The second kappa shape index (κ2) is 10.2. The second-order valence-electron chi connectivity index (χ2n) is 10.7. The number of rotatable bonds is 9. The fraction of sp³-hybridized carbons (Fsp3) is 0.414. The molecule has 1 aromatic carbocycles. The van der Waals surface area contributed by atoms with E-state index in [1.165, 1.54) is 19.2 Å². The first-order chi connectivity index (χ1) is 18.8.